The molecule has 0 saturated heterocycles. The molecular weight excluding hydrogens is 384 g/mol. The lowest BCUT2D eigenvalue weighted by Crippen LogP contribution is -2.51. The molecule has 1 saturated carbocycles. The summed E-state index contributed by atoms with van der Waals surface area (Å²) in [6, 6.07) is 12.7. The van der Waals surface area contributed by atoms with Gasteiger partial charge in [0.05, 0.1) is 4.92 Å². The third kappa shape index (κ3) is 3.86. The quantitative estimate of drug-likeness (QED) is 0.413. The summed E-state index contributed by atoms with van der Waals surface area (Å²) in [5, 5.41) is 15.1. The molecule has 2 aromatic rings. The van der Waals surface area contributed by atoms with E-state index in [4.69, 9.17) is 0 Å². The van der Waals surface area contributed by atoms with Crippen LogP contribution in [0.25, 0.3) is 0 Å². The summed E-state index contributed by atoms with van der Waals surface area (Å²) >= 11 is 0. The van der Waals surface area contributed by atoms with Crippen molar-refractivity contribution in [1.82, 2.24) is 0 Å². The first-order chi connectivity index (χ1) is 14.6. The number of nitrogens with zero attached hydrogens (tertiary/aromatic N) is 1. The van der Waals surface area contributed by atoms with Gasteiger partial charge < -0.3 is 5.32 Å². The Labute approximate surface area is 186 Å². The van der Waals surface area contributed by atoms with Crippen molar-refractivity contribution in [1.29, 1.82) is 0 Å². The van der Waals surface area contributed by atoms with Gasteiger partial charge in [-0.2, -0.15) is 0 Å². The molecule has 2 aromatic carbocycles. The summed E-state index contributed by atoms with van der Waals surface area (Å²) in [6.45, 7) is 12.1. The van der Waals surface area contributed by atoms with Crippen LogP contribution in [0.3, 0.4) is 0 Å². The number of anilines is 1. The molecule has 0 spiro atoms. The van der Waals surface area contributed by atoms with Crippen molar-refractivity contribution >= 4 is 11.4 Å². The number of aryl methyl sites for hydroxylation is 2. The normalized spacial score (nSPS) is 27.5. The average molecular weight is 421 g/mol. The van der Waals surface area contributed by atoms with Crippen LogP contribution in [0.1, 0.15) is 81.5 Å². The van der Waals surface area contributed by atoms with E-state index in [0.717, 1.165) is 18.5 Å². The molecule has 0 heterocycles. The van der Waals surface area contributed by atoms with Crippen LogP contribution in [0.4, 0.5) is 11.4 Å². The Hall–Kier alpha value is -2.36. The van der Waals surface area contributed by atoms with Crippen LogP contribution in [0.2, 0.25) is 0 Å². The first-order valence-corrected chi connectivity index (χ1v) is 11.8. The monoisotopic (exact) mass is 420 g/mol. The van der Waals surface area contributed by atoms with E-state index < -0.39 is 0 Å². The number of hydrogen-bond donors (Lipinski definition) is 1. The summed E-state index contributed by atoms with van der Waals surface area (Å²) in [5.74, 6) is 1.13. The maximum Gasteiger partial charge on any atom is 0.292 e. The zero-order chi connectivity index (χ0) is 22.4. The number of nitrogens with one attached hydrogen (secondary N) is 1. The fourth-order valence-corrected chi connectivity index (χ4v) is 6.45. The Bertz CT molecular complexity index is 999. The Morgan fingerprint density at radius 1 is 1.16 bits per heavy atom. The zero-order valence-corrected chi connectivity index (χ0v) is 19.6. The Morgan fingerprint density at radius 3 is 2.65 bits per heavy atom. The first kappa shape index (κ1) is 21.9. The minimum absolute atomic E-state index is 0.111. The summed E-state index contributed by atoms with van der Waals surface area (Å²) in [7, 11) is 0. The fourth-order valence-electron chi connectivity index (χ4n) is 6.45. The topological polar surface area (TPSA) is 55.2 Å². The van der Waals surface area contributed by atoms with Crippen LogP contribution in [0.5, 0.6) is 0 Å². The van der Waals surface area contributed by atoms with Crippen LogP contribution in [-0.2, 0) is 11.8 Å². The number of hydrogen-bond acceptors (Lipinski definition) is 3. The van der Waals surface area contributed by atoms with Crippen LogP contribution < -0.4 is 5.32 Å². The van der Waals surface area contributed by atoms with E-state index in [0.29, 0.717) is 17.5 Å². The molecule has 4 heteroatoms. The van der Waals surface area contributed by atoms with E-state index in [-0.39, 0.29) is 21.4 Å². The highest BCUT2D eigenvalue weighted by atomic mass is 16.6. The molecule has 0 radical (unpaired) electrons. The summed E-state index contributed by atoms with van der Waals surface area (Å²) in [4.78, 5) is 11.3. The van der Waals surface area contributed by atoms with Gasteiger partial charge in [-0.1, -0.05) is 58.4 Å². The average Bonchev–Trinajstić information content (AvgIpc) is 2.72. The highest BCUT2D eigenvalue weighted by molar-refractivity contribution is 5.62. The largest absolute Gasteiger partial charge is 0.379 e. The smallest absolute Gasteiger partial charge is 0.292 e. The van der Waals surface area contributed by atoms with E-state index in [9.17, 15) is 10.1 Å². The van der Waals surface area contributed by atoms with E-state index in [1.807, 2.05) is 19.1 Å². The van der Waals surface area contributed by atoms with Crippen molar-refractivity contribution in [2.45, 2.75) is 78.1 Å². The highest BCUT2D eigenvalue weighted by Gasteiger charge is 2.51. The minimum atomic E-state index is -0.272. The second kappa shape index (κ2) is 7.96. The SMILES string of the molecule is Cc1ccc(NC[C@@]2(C)CCC[C@]3(C)c4ccc(C(C)C)cc4CC[C@@H]23)c([N+](=O)[O-])c1. The molecule has 4 rings (SSSR count). The van der Waals surface area contributed by atoms with Crippen molar-refractivity contribution in [3.63, 3.8) is 0 Å². The Morgan fingerprint density at radius 2 is 1.94 bits per heavy atom. The maximum absolute atomic E-state index is 11.6. The molecule has 4 nitrogen and oxygen atoms in total. The van der Waals surface area contributed by atoms with Crippen molar-refractivity contribution < 1.29 is 4.92 Å². The number of benzene rings is 2. The molecule has 2 aliphatic carbocycles. The van der Waals surface area contributed by atoms with Gasteiger partial charge in [-0.3, -0.25) is 10.1 Å². The lowest BCUT2D eigenvalue weighted by atomic mass is 9.49. The van der Waals surface area contributed by atoms with Gasteiger partial charge in [-0.15, -0.1) is 0 Å². The maximum atomic E-state index is 11.6. The third-order valence-corrected chi connectivity index (χ3v) is 8.20. The molecule has 0 aliphatic heterocycles. The summed E-state index contributed by atoms with van der Waals surface area (Å²) in [5.41, 5.74) is 6.54. The minimum Gasteiger partial charge on any atom is -0.379 e. The molecular formula is C27H36N2O2. The van der Waals surface area contributed by atoms with Crippen molar-refractivity contribution in [3.8, 4) is 0 Å². The standard InChI is InChI=1S/C27H36N2O2/c1-18(2)20-8-10-22-21(16-20)9-12-25-26(4,13-6-14-27(22,25)5)17-28-23-11-7-19(3)15-24(23)29(30)31/h7-8,10-11,15-16,18,25,28H,6,9,12-14,17H2,1-5H3/t25-,26+,27+/m0/s1. The van der Waals surface area contributed by atoms with Crippen LogP contribution in [0, 0.1) is 28.4 Å². The van der Waals surface area contributed by atoms with Gasteiger partial charge in [0.2, 0.25) is 0 Å². The molecule has 3 atom stereocenters. The van der Waals surface area contributed by atoms with Gasteiger partial charge in [-0.25, -0.2) is 0 Å². The predicted octanol–water partition coefficient (Wildman–Crippen LogP) is 7.15. The van der Waals surface area contributed by atoms with Crippen LogP contribution >= 0.6 is 0 Å². The van der Waals surface area contributed by atoms with Gasteiger partial charge in [0.25, 0.3) is 5.69 Å². The third-order valence-electron chi connectivity index (χ3n) is 8.20. The molecule has 0 unspecified atom stereocenters. The number of fused-ring (bicyclic) bond motifs is 3. The summed E-state index contributed by atoms with van der Waals surface area (Å²) in [6.07, 6.45) is 5.92. The van der Waals surface area contributed by atoms with Gasteiger partial charge in [0.15, 0.2) is 0 Å². The zero-order valence-electron chi connectivity index (χ0n) is 19.6. The Balaban J connectivity index is 1.62. The second-order valence-corrected chi connectivity index (χ2v) is 10.7. The fraction of sp³-hybridized carbons (Fsp3) is 0.556. The molecule has 2 aliphatic rings. The van der Waals surface area contributed by atoms with Crippen LogP contribution in [0.15, 0.2) is 36.4 Å². The highest BCUT2D eigenvalue weighted by Crippen LogP contribution is 2.57. The second-order valence-electron chi connectivity index (χ2n) is 10.7. The summed E-state index contributed by atoms with van der Waals surface area (Å²) < 4.78 is 0. The number of nitro groups is 1. The molecule has 0 aromatic heterocycles. The predicted molar refractivity (Wildman–Crippen MR) is 128 cm³/mol. The lowest BCUT2D eigenvalue weighted by molar-refractivity contribution is -0.384. The van der Waals surface area contributed by atoms with Crippen molar-refractivity contribution in [2.24, 2.45) is 11.3 Å². The van der Waals surface area contributed by atoms with Gasteiger partial charge in [0.1, 0.15) is 5.69 Å². The Kier molecular flexibility index (Phi) is 5.61. The van der Waals surface area contributed by atoms with E-state index >= 15 is 0 Å². The van der Waals surface area contributed by atoms with Crippen molar-refractivity contribution in [2.75, 3.05) is 11.9 Å². The molecule has 31 heavy (non-hydrogen) atoms. The van der Waals surface area contributed by atoms with E-state index in [2.05, 4.69) is 51.2 Å². The molecule has 1 fully saturated rings. The van der Waals surface area contributed by atoms with Gasteiger partial charge in [0, 0.05) is 12.6 Å². The van der Waals surface area contributed by atoms with Crippen molar-refractivity contribution in [3.05, 3.63) is 68.8 Å². The van der Waals surface area contributed by atoms with E-state index in [1.165, 1.54) is 36.8 Å². The molecule has 1 N–H and O–H groups in total. The molecule has 166 valence electrons. The molecule has 0 bridgehead atoms. The number of rotatable bonds is 5. The van der Waals surface area contributed by atoms with Gasteiger partial charge >= 0.3 is 0 Å². The molecule has 0 amide bonds. The lowest BCUT2D eigenvalue weighted by Gasteiger charge is -2.55. The van der Waals surface area contributed by atoms with Crippen LogP contribution in [-0.4, -0.2) is 11.5 Å². The van der Waals surface area contributed by atoms with Gasteiger partial charge in [-0.05, 0) is 83.6 Å². The number of nitro benzene ring substituents is 1. The first-order valence-electron chi connectivity index (χ1n) is 11.8. The van der Waals surface area contributed by atoms with E-state index in [1.54, 1.807) is 11.6 Å².